The van der Waals surface area contributed by atoms with Crippen LogP contribution in [0, 0.1) is 0 Å². The van der Waals surface area contributed by atoms with Crippen molar-refractivity contribution in [3.05, 3.63) is 46.8 Å². The molecule has 22 heavy (non-hydrogen) atoms. The van der Waals surface area contributed by atoms with Gasteiger partial charge in [-0.2, -0.15) is 5.10 Å². The van der Waals surface area contributed by atoms with Gasteiger partial charge in [0.2, 0.25) is 5.91 Å². The molecule has 0 aliphatic heterocycles. The van der Waals surface area contributed by atoms with Gasteiger partial charge in [0, 0.05) is 24.6 Å². The number of methoxy groups -OCH3 is 1. The minimum absolute atomic E-state index is 0.0423. The van der Waals surface area contributed by atoms with E-state index in [1.807, 2.05) is 24.3 Å². The van der Waals surface area contributed by atoms with Crippen molar-refractivity contribution < 1.29 is 9.53 Å². The molecule has 0 spiro atoms. The van der Waals surface area contributed by atoms with E-state index in [1.54, 1.807) is 20.1 Å². The summed E-state index contributed by atoms with van der Waals surface area (Å²) in [5.41, 5.74) is 1.40. The molecule has 0 saturated carbocycles. The van der Waals surface area contributed by atoms with Crippen LogP contribution in [0.5, 0.6) is 5.75 Å². The van der Waals surface area contributed by atoms with Gasteiger partial charge in [-0.25, -0.2) is 4.68 Å². The molecule has 1 heterocycles. The van der Waals surface area contributed by atoms with Gasteiger partial charge in [-0.1, -0.05) is 6.92 Å². The number of carbonyl (C=O) groups excluding carboxylic acids is 1. The van der Waals surface area contributed by atoms with E-state index in [2.05, 4.69) is 10.4 Å². The summed E-state index contributed by atoms with van der Waals surface area (Å²) < 4.78 is 6.47. The fourth-order valence-corrected chi connectivity index (χ4v) is 1.95. The molecule has 0 saturated heterocycles. The van der Waals surface area contributed by atoms with E-state index in [0.29, 0.717) is 25.2 Å². The molecular weight excluding hydrogens is 282 g/mol. The molecule has 0 radical (unpaired) electrons. The van der Waals surface area contributed by atoms with Crippen molar-refractivity contribution >= 4 is 5.91 Å². The fraction of sp³-hybridized carbons (Fsp3) is 0.312. The smallest absolute Gasteiger partial charge is 0.266 e. The van der Waals surface area contributed by atoms with Crippen molar-refractivity contribution in [2.45, 2.75) is 19.9 Å². The van der Waals surface area contributed by atoms with Crippen LogP contribution in [0.15, 0.2) is 41.2 Å². The molecule has 0 atom stereocenters. The molecule has 6 heteroatoms. The summed E-state index contributed by atoms with van der Waals surface area (Å²) in [5, 5.41) is 7.06. The SMILES string of the molecule is CCC(=O)NCCn1nc(-c2ccc(OC)cc2)ccc1=O. The number of hydrogen-bond acceptors (Lipinski definition) is 4. The molecule has 116 valence electrons. The molecule has 2 aromatic rings. The van der Waals surface area contributed by atoms with Crippen LogP contribution < -0.4 is 15.6 Å². The zero-order valence-corrected chi connectivity index (χ0v) is 12.7. The topological polar surface area (TPSA) is 73.2 Å². The van der Waals surface area contributed by atoms with Gasteiger partial charge in [0.15, 0.2) is 0 Å². The van der Waals surface area contributed by atoms with Crippen LogP contribution in [-0.4, -0.2) is 29.3 Å². The average molecular weight is 301 g/mol. The predicted octanol–water partition coefficient (Wildman–Crippen LogP) is 1.45. The molecule has 1 aromatic carbocycles. The number of nitrogens with zero attached hydrogens (tertiary/aromatic N) is 2. The fourth-order valence-electron chi connectivity index (χ4n) is 1.95. The Kier molecular flexibility index (Phi) is 5.30. The van der Waals surface area contributed by atoms with Crippen molar-refractivity contribution in [1.82, 2.24) is 15.1 Å². The first-order valence-corrected chi connectivity index (χ1v) is 7.13. The van der Waals surface area contributed by atoms with Crippen LogP contribution >= 0.6 is 0 Å². The van der Waals surface area contributed by atoms with E-state index in [4.69, 9.17) is 4.74 Å². The maximum Gasteiger partial charge on any atom is 0.266 e. The first-order chi connectivity index (χ1) is 10.6. The summed E-state index contributed by atoms with van der Waals surface area (Å²) in [6.07, 6.45) is 0.425. The highest BCUT2D eigenvalue weighted by atomic mass is 16.5. The molecule has 0 aliphatic carbocycles. The van der Waals surface area contributed by atoms with E-state index >= 15 is 0 Å². The lowest BCUT2D eigenvalue weighted by atomic mass is 10.1. The Labute approximate surface area is 128 Å². The maximum atomic E-state index is 11.8. The maximum absolute atomic E-state index is 11.8. The minimum Gasteiger partial charge on any atom is -0.497 e. The van der Waals surface area contributed by atoms with Gasteiger partial charge in [0.25, 0.3) is 5.56 Å². The third-order valence-electron chi connectivity index (χ3n) is 3.22. The Morgan fingerprint density at radius 1 is 1.23 bits per heavy atom. The van der Waals surface area contributed by atoms with E-state index < -0.39 is 0 Å². The molecule has 6 nitrogen and oxygen atoms in total. The van der Waals surface area contributed by atoms with Crippen molar-refractivity contribution in [3.63, 3.8) is 0 Å². The first-order valence-electron chi connectivity index (χ1n) is 7.13. The first kappa shape index (κ1) is 15.8. The lowest BCUT2D eigenvalue weighted by Gasteiger charge is -2.08. The highest BCUT2D eigenvalue weighted by molar-refractivity contribution is 5.75. The Balaban J connectivity index is 2.15. The molecular formula is C16H19N3O3. The molecule has 0 aliphatic rings. The van der Waals surface area contributed by atoms with Crippen molar-refractivity contribution in [2.75, 3.05) is 13.7 Å². The third-order valence-corrected chi connectivity index (χ3v) is 3.22. The Hall–Kier alpha value is -2.63. The largest absolute Gasteiger partial charge is 0.497 e. The van der Waals surface area contributed by atoms with E-state index in [9.17, 15) is 9.59 Å². The lowest BCUT2D eigenvalue weighted by Crippen LogP contribution is -2.31. The standard InChI is InChI=1S/C16H19N3O3/c1-3-15(20)17-10-11-19-16(21)9-8-14(18-19)12-4-6-13(22-2)7-5-12/h4-9H,3,10-11H2,1-2H3,(H,17,20). The number of ether oxygens (including phenoxy) is 1. The van der Waals surface area contributed by atoms with Gasteiger partial charge < -0.3 is 10.1 Å². The second kappa shape index (κ2) is 7.40. The second-order valence-electron chi connectivity index (χ2n) is 4.71. The number of benzene rings is 1. The summed E-state index contributed by atoms with van der Waals surface area (Å²) in [6, 6.07) is 10.6. The number of aromatic nitrogens is 2. The quantitative estimate of drug-likeness (QED) is 0.876. The second-order valence-corrected chi connectivity index (χ2v) is 4.71. The number of amides is 1. The van der Waals surface area contributed by atoms with Crippen LogP contribution in [0.1, 0.15) is 13.3 Å². The normalized spacial score (nSPS) is 10.3. The Morgan fingerprint density at radius 3 is 2.59 bits per heavy atom. The minimum atomic E-state index is -0.192. The van der Waals surface area contributed by atoms with Gasteiger partial charge in [0.1, 0.15) is 5.75 Å². The average Bonchev–Trinajstić information content (AvgIpc) is 2.56. The van der Waals surface area contributed by atoms with Crippen LogP contribution in [0.25, 0.3) is 11.3 Å². The highest BCUT2D eigenvalue weighted by Gasteiger charge is 2.04. The highest BCUT2D eigenvalue weighted by Crippen LogP contribution is 2.19. The molecule has 0 bridgehead atoms. The molecule has 0 fully saturated rings. The summed E-state index contributed by atoms with van der Waals surface area (Å²) in [4.78, 5) is 23.0. The van der Waals surface area contributed by atoms with E-state index in [0.717, 1.165) is 11.3 Å². The van der Waals surface area contributed by atoms with Gasteiger partial charge in [-0.05, 0) is 30.3 Å². The van der Waals surface area contributed by atoms with Gasteiger partial charge >= 0.3 is 0 Å². The van der Waals surface area contributed by atoms with Crippen LogP contribution in [0.2, 0.25) is 0 Å². The number of carbonyl (C=O) groups is 1. The Bertz CT molecular complexity index is 693. The van der Waals surface area contributed by atoms with Gasteiger partial charge in [0.05, 0.1) is 19.3 Å². The number of hydrogen-bond donors (Lipinski definition) is 1. The van der Waals surface area contributed by atoms with Crippen molar-refractivity contribution in [2.24, 2.45) is 0 Å². The number of rotatable bonds is 6. The van der Waals surface area contributed by atoms with Gasteiger partial charge in [-0.15, -0.1) is 0 Å². The van der Waals surface area contributed by atoms with Crippen molar-refractivity contribution in [3.8, 4) is 17.0 Å². The Morgan fingerprint density at radius 2 is 1.95 bits per heavy atom. The van der Waals surface area contributed by atoms with E-state index in [1.165, 1.54) is 10.7 Å². The molecule has 2 rings (SSSR count). The lowest BCUT2D eigenvalue weighted by molar-refractivity contribution is -0.120. The zero-order valence-electron chi connectivity index (χ0n) is 12.7. The van der Waals surface area contributed by atoms with Crippen LogP contribution in [0.3, 0.4) is 0 Å². The van der Waals surface area contributed by atoms with Crippen LogP contribution in [0.4, 0.5) is 0 Å². The summed E-state index contributed by atoms with van der Waals surface area (Å²) >= 11 is 0. The summed E-state index contributed by atoms with van der Waals surface area (Å²) in [5.74, 6) is 0.721. The van der Waals surface area contributed by atoms with Crippen LogP contribution in [-0.2, 0) is 11.3 Å². The zero-order chi connectivity index (χ0) is 15.9. The number of nitrogens with one attached hydrogen (secondary N) is 1. The predicted molar refractivity (Wildman–Crippen MR) is 83.8 cm³/mol. The van der Waals surface area contributed by atoms with Gasteiger partial charge in [-0.3, -0.25) is 9.59 Å². The molecule has 1 amide bonds. The summed E-state index contributed by atoms with van der Waals surface area (Å²) in [6.45, 7) is 2.50. The molecule has 1 N–H and O–H groups in total. The summed E-state index contributed by atoms with van der Waals surface area (Å²) in [7, 11) is 1.61. The van der Waals surface area contributed by atoms with Crippen molar-refractivity contribution in [1.29, 1.82) is 0 Å². The van der Waals surface area contributed by atoms with E-state index in [-0.39, 0.29) is 11.5 Å². The molecule has 1 aromatic heterocycles. The third kappa shape index (κ3) is 3.94. The monoisotopic (exact) mass is 301 g/mol. The molecule has 0 unspecified atom stereocenters.